The molecule has 0 saturated carbocycles. The molecule has 0 fully saturated rings. The fourth-order valence-electron chi connectivity index (χ4n) is 1.44. The molecule has 0 spiro atoms. The molecule has 0 aliphatic heterocycles. The van der Waals surface area contributed by atoms with Crippen LogP contribution in [-0.2, 0) is 17.8 Å². The Hall–Kier alpha value is -0.900. The Morgan fingerprint density at radius 3 is 2.87 bits per heavy atom. The summed E-state index contributed by atoms with van der Waals surface area (Å²) >= 11 is 0. The zero-order valence-corrected chi connectivity index (χ0v) is 9.33. The molecule has 1 rings (SSSR count). The molecule has 1 aromatic rings. The molecule has 1 aromatic carbocycles. The zero-order chi connectivity index (χ0) is 10.9. The van der Waals surface area contributed by atoms with Crippen LogP contribution in [0.3, 0.4) is 0 Å². The molecule has 3 N–H and O–H groups in total. The van der Waals surface area contributed by atoms with Crippen molar-refractivity contribution in [3.05, 3.63) is 35.4 Å². The number of nitrogens with one attached hydrogen (secondary N) is 1. The average molecular weight is 208 g/mol. The molecule has 15 heavy (non-hydrogen) atoms. The van der Waals surface area contributed by atoms with Gasteiger partial charge in [-0.3, -0.25) is 0 Å². The third-order valence-electron chi connectivity index (χ3n) is 2.26. The van der Waals surface area contributed by atoms with Crippen molar-refractivity contribution in [2.75, 3.05) is 20.3 Å². The highest BCUT2D eigenvalue weighted by Crippen LogP contribution is 2.03. The molecule has 0 radical (unpaired) electrons. The molecule has 0 amide bonds. The summed E-state index contributed by atoms with van der Waals surface area (Å²) in [5.41, 5.74) is 8.05. The first-order valence-electron chi connectivity index (χ1n) is 5.34. The maximum absolute atomic E-state index is 5.58. The second kappa shape index (κ2) is 7.40. The van der Waals surface area contributed by atoms with E-state index in [1.807, 2.05) is 6.07 Å². The number of hydrogen-bond acceptors (Lipinski definition) is 3. The van der Waals surface area contributed by atoms with E-state index in [-0.39, 0.29) is 0 Å². The quantitative estimate of drug-likeness (QED) is 0.663. The van der Waals surface area contributed by atoms with E-state index in [0.29, 0.717) is 6.54 Å². The van der Waals surface area contributed by atoms with Crippen molar-refractivity contribution in [3.63, 3.8) is 0 Å². The van der Waals surface area contributed by atoms with Crippen molar-refractivity contribution in [1.82, 2.24) is 5.32 Å². The van der Waals surface area contributed by atoms with Crippen molar-refractivity contribution in [1.29, 1.82) is 0 Å². The second-order valence-electron chi connectivity index (χ2n) is 3.55. The summed E-state index contributed by atoms with van der Waals surface area (Å²) in [6.07, 6.45) is 1.05. The number of benzene rings is 1. The molecular formula is C12H20N2O. The number of ether oxygens (including phenoxy) is 1. The Balaban J connectivity index is 2.24. The number of rotatable bonds is 7. The Kier molecular flexibility index (Phi) is 6.00. The first-order valence-corrected chi connectivity index (χ1v) is 5.34. The number of hydrogen-bond donors (Lipinski definition) is 2. The standard InChI is InChI=1S/C12H20N2O/c1-15-7-3-6-14-10-12-5-2-4-11(8-12)9-13/h2,4-5,8,14H,3,6-7,9-10,13H2,1H3. The van der Waals surface area contributed by atoms with Crippen molar-refractivity contribution in [2.24, 2.45) is 5.73 Å². The van der Waals surface area contributed by atoms with E-state index in [4.69, 9.17) is 10.5 Å². The molecule has 3 heteroatoms. The highest BCUT2D eigenvalue weighted by atomic mass is 16.5. The largest absolute Gasteiger partial charge is 0.385 e. The van der Waals surface area contributed by atoms with Crippen LogP contribution in [0.2, 0.25) is 0 Å². The topological polar surface area (TPSA) is 47.3 Å². The Bertz CT molecular complexity index is 276. The molecule has 0 aliphatic rings. The average Bonchev–Trinajstić information content (AvgIpc) is 2.29. The zero-order valence-electron chi connectivity index (χ0n) is 9.33. The van der Waals surface area contributed by atoms with E-state index in [1.54, 1.807) is 7.11 Å². The first kappa shape index (κ1) is 12.2. The molecule has 0 unspecified atom stereocenters. The van der Waals surface area contributed by atoms with Gasteiger partial charge < -0.3 is 15.8 Å². The van der Waals surface area contributed by atoms with Crippen LogP contribution in [0.25, 0.3) is 0 Å². The van der Waals surface area contributed by atoms with Gasteiger partial charge in [-0.15, -0.1) is 0 Å². The van der Waals surface area contributed by atoms with Gasteiger partial charge in [0.25, 0.3) is 0 Å². The minimum absolute atomic E-state index is 0.609. The molecule has 84 valence electrons. The van der Waals surface area contributed by atoms with Crippen LogP contribution in [0, 0.1) is 0 Å². The van der Waals surface area contributed by atoms with Crippen LogP contribution in [0.1, 0.15) is 17.5 Å². The lowest BCUT2D eigenvalue weighted by molar-refractivity contribution is 0.194. The molecule has 0 aromatic heterocycles. The molecule has 0 heterocycles. The van der Waals surface area contributed by atoms with Crippen molar-refractivity contribution in [2.45, 2.75) is 19.5 Å². The predicted octanol–water partition coefficient (Wildman–Crippen LogP) is 1.27. The van der Waals surface area contributed by atoms with Gasteiger partial charge in [-0.1, -0.05) is 24.3 Å². The van der Waals surface area contributed by atoms with Gasteiger partial charge in [0.15, 0.2) is 0 Å². The second-order valence-corrected chi connectivity index (χ2v) is 3.55. The van der Waals surface area contributed by atoms with Gasteiger partial charge in [0.05, 0.1) is 0 Å². The summed E-state index contributed by atoms with van der Waals surface area (Å²) < 4.78 is 4.97. The van der Waals surface area contributed by atoms with Crippen LogP contribution in [0.15, 0.2) is 24.3 Å². The monoisotopic (exact) mass is 208 g/mol. The van der Waals surface area contributed by atoms with Gasteiger partial charge in [-0.2, -0.15) is 0 Å². The lowest BCUT2D eigenvalue weighted by Gasteiger charge is -2.05. The van der Waals surface area contributed by atoms with E-state index >= 15 is 0 Å². The fraction of sp³-hybridized carbons (Fsp3) is 0.500. The molecule has 0 bridgehead atoms. The highest BCUT2D eigenvalue weighted by Gasteiger charge is 1.94. The minimum Gasteiger partial charge on any atom is -0.385 e. The van der Waals surface area contributed by atoms with Crippen molar-refractivity contribution < 1.29 is 4.74 Å². The third kappa shape index (κ3) is 4.93. The van der Waals surface area contributed by atoms with Crippen LogP contribution >= 0.6 is 0 Å². The van der Waals surface area contributed by atoms with Gasteiger partial charge in [-0.25, -0.2) is 0 Å². The maximum atomic E-state index is 5.58. The fourth-order valence-corrected chi connectivity index (χ4v) is 1.44. The Morgan fingerprint density at radius 2 is 2.13 bits per heavy atom. The Labute approximate surface area is 91.6 Å². The van der Waals surface area contributed by atoms with Crippen molar-refractivity contribution in [3.8, 4) is 0 Å². The van der Waals surface area contributed by atoms with Gasteiger partial charge in [-0.05, 0) is 24.1 Å². The summed E-state index contributed by atoms with van der Waals surface area (Å²) in [6, 6.07) is 8.36. The third-order valence-corrected chi connectivity index (χ3v) is 2.26. The Morgan fingerprint density at radius 1 is 1.33 bits per heavy atom. The van der Waals surface area contributed by atoms with E-state index in [2.05, 4.69) is 23.5 Å². The summed E-state index contributed by atoms with van der Waals surface area (Å²) in [6.45, 7) is 3.31. The summed E-state index contributed by atoms with van der Waals surface area (Å²) in [7, 11) is 1.73. The minimum atomic E-state index is 0.609. The number of methoxy groups -OCH3 is 1. The summed E-state index contributed by atoms with van der Waals surface area (Å²) in [5.74, 6) is 0. The number of nitrogens with two attached hydrogens (primary N) is 1. The smallest absolute Gasteiger partial charge is 0.0474 e. The summed E-state index contributed by atoms with van der Waals surface area (Å²) in [5, 5.41) is 3.37. The lowest BCUT2D eigenvalue weighted by Crippen LogP contribution is -2.16. The van der Waals surface area contributed by atoms with Gasteiger partial charge in [0.2, 0.25) is 0 Å². The highest BCUT2D eigenvalue weighted by molar-refractivity contribution is 5.23. The molecule has 3 nitrogen and oxygen atoms in total. The first-order chi connectivity index (χ1) is 7.36. The lowest BCUT2D eigenvalue weighted by atomic mass is 10.1. The van der Waals surface area contributed by atoms with Gasteiger partial charge >= 0.3 is 0 Å². The van der Waals surface area contributed by atoms with E-state index in [1.165, 1.54) is 11.1 Å². The van der Waals surface area contributed by atoms with Crippen LogP contribution < -0.4 is 11.1 Å². The van der Waals surface area contributed by atoms with E-state index in [9.17, 15) is 0 Å². The van der Waals surface area contributed by atoms with E-state index < -0.39 is 0 Å². The molecular weight excluding hydrogens is 188 g/mol. The van der Waals surface area contributed by atoms with E-state index in [0.717, 1.165) is 26.1 Å². The predicted molar refractivity (Wildman–Crippen MR) is 62.5 cm³/mol. The molecule has 0 saturated heterocycles. The SMILES string of the molecule is COCCCNCc1cccc(CN)c1. The van der Waals surface area contributed by atoms with Crippen LogP contribution in [-0.4, -0.2) is 20.3 Å². The van der Waals surface area contributed by atoms with Gasteiger partial charge in [0, 0.05) is 26.8 Å². The normalized spacial score (nSPS) is 10.5. The van der Waals surface area contributed by atoms with Gasteiger partial charge in [0.1, 0.15) is 0 Å². The van der Waals surface area contributed by atoms with Crippen molar-refractivity contribution >= 4 is 0 Å². The maximum Gasteiger partial charge on any atom is 0.0474 e. The molecule has 0 atom stereocenters. The molecule has 0 aliphatic carbocycles. The van der Waals surface area contributed by atoms with Crippen LogP contribution in [0.5, 0.6) is 0 Å². The van der Waals surface area contributed by atoms with Crippen LogP contribution in [0.4, 0.5) is 0 Å². The summed E-state index contributed by atoms with van der Waals surface area (Å²) in [4.78, 5) is 0.